The lowest BCUT2D eigenvalue weighted by Crippen LogP contribution is -2.13. The summed E-state index contributed by atoms with van der Waals surface area (Å²) in [6.07, 6.45) is 0. The van der Waals surface area contributed by atoms with Crippen LogP contribution in [0.15, 0.2) is 36.4 Å². The van der Waals surface area contributed by atoms with Crippen LogP contribution in [0.25, 0.3) is 11.0 Å². The number of rotatable bonds is 2. The molecule has 0 aliphatic heterocycles. The van der Waals surface area contributed by atoms with E-state index in [0.717, 1.165) is 33.7 Å². The number of carbonyl (C=O) groups excluding carboxylic acids is 1. The van der Waals surface area contributed by atoms with Crippen LogP contribution < -0.4 is 5.32 Å². The molecule has 0 saturated heterocycles. The van der Waals surface area contributed by atoms with Crippen molar-refractivity contribution in [1.82, 2.24) is 9.97 Å². The number of aromatic nitrogens is 2. The summed E-state index contributed by atoms with van der Waals surface area (Å²) in [6, 6.07) is 11.4. The maximum Gasteiger partial charge on any atom is 0.255 e. The SMILES string of the molecule is Cc1ccc(NC(=O)c2ccc3nc(C)c(C)nc3c2)c(C)c1. The fraction of sp³-hybridized carbons (Fsp3) is 0.211. The number of carbonyl (C=O) groups is 1. The average Bonchev–Trinajstić information content (AvgIpc) is 2.50. The standard InChI is InChI=1S/C19H19N3O/c1-11-5-7-16(12(2)9-11)22-19(23)15-6-8-17-18(10-15)21-14(4)13(3)20-17/h5-10H,1-4H3,(H,22,23). The van der Waals surface area contributed by atoms with Crippen LogP contribution in [-0.2, 0) is 0 Å². The quantitative estimate of drug-likeness (QED) is 0.775. The van der Waals surface area contributed by atoms with Gasteiger partial charge in [0.2, 0.25) is 0 Å². The molecule has 3 rings (SSSR count). The van der Waals surface area contributed by atoms with Gasteiger partial charge in [0.15, 0.2) is 0 Å². The Kier molecular flexibility index (Phi) is 3.82. The summed E-state index contributed by atoms with van der Waals surface area (Å²) in [5, 5.41) is 2.96. The Morgan fingerprint density at radius 2 is 1.57 bits per heavy atom. The molecule has 0 radical (unpaired) electrons. The molecule has 0 spiro atoms. The molecule has 1 N–H and O–H groups in total. The molecular formula is C19H19N3O. The minimum absolute atomic E-state index is 0.140. The van der Waals surface area contributed by atoms with E-state index in [-0.39, 0.29) is 5.91 Å². The number of hydrogen-bond donors (Lipinski definition) is 1. The summed E-state index contributed by atoms with van der Waals surface area (Å²) >= 11 is 0. The van der Waals surface area contributed by atoms with Gasteiger partial charge in [0.25, 0.3) is 5.91 Å². The van der Waals surface area contributed by atoms with E-state index < -0.39 is 0 Å². The van der Waals surface area contributed by atoms with Gasteiger partial charge in [-0.1, -0.05) is 17.7 Å². The van der Waals surface area contributed by atoms with Gasteiger partial charge in [-0.15, -0.1) is 0 Å². The number of anilines is 1. The molecule has 4 nitrogen and oxygen atoms in total. The molecule has 0 aliphatic carbocycles. The number of benzene rings is 2. The second-order valence-corrected chi connectivity index (χ2v) is 5.87. The van der Waals surface area contributed by atoms with Crippen molar-refractivity contribution in [2.24, 2.45) is 0 Å². The molecule has 0 atom stereocenters. The first-order chi connectivity index (χ1) is 10.9. The summed E-state index contributed by atoms with van der Waals surface area (Å²) in [7, 11) is 0. The van der Waals surface area contributed by atoms with Crippen molar-refractivity contribution in [2.75, 3.05) is 5.32 Å². The number of nitrogens with one attached hydrogen (secondary N) is 1. The molecule has 23 heavy (non-hydrogen) atoms. The van der Waals surface area contributed by atoms with Crippen LogP contribution in [-0.4, -0.2) is 15.9 Å². The Morgan fingerprint density at radius 1 is 0.870 bits per heavy atom. The molecular weight excluding hydrogens is 286 g/mol. The molecule has 0 unspecified atom stereocenters. The fourth-order valence-corrected chi connectivity index (χ4v) is 2.52. The zero-order valence-corrected chi connectivity index (χ0v) is 13.8. The maximum absolute atomic E-state index is 12.5. The zero-order valence-electron chi connectivity index (χ0n) is 13.8. The third kappa shape index (κ3) is 3.06. The van der Waals surface area contributed by atoms with Gasteiger partial charge in [-0.25, -0.2) is 9.97 Å². The summed E-state index contributed by atoms with van der Waals surface area (Å²) in [6.45, 7) is 7.87. The predicted octanol–water partition coefficient (Wildman–Crippen LogP) is 4.12. The molecule has 0 fully saturated rings. The van der Waals surface area contributed by atoms with Crippen LogP contribution in [0.5, 0.6) is 0 Å². The van der Waals surface area contributed by atoms with Crippen molar-refractivity contribution in [3.8, 4) is 0 Å². The van der Waals surface area contributed by atoms with Crippen LogP contribution in [0.3, 0.4) is 0 Å². The average molecular weight is 305 g/mol. The number of hydrogen-bond acceptors (Lipinski definition) is 3. The van der Waals surface area contributed by atoms with E-state index in [9.17, 15) is 4.79 Å². The highest BCUT2D eigenvalue weighted by atomic mass is 16.1. The molecule has 2 aromatic carbocycles. The molecule has 116 valence electrons. The third-order valence-corrected chi connectivity index (χ3v) is 3.97. The van der Waals surface area contributed by atoms with Crippen molar-refractivity contribution < 1.29 is 4.79 Å². The Balaban J connectivity index is 1.93. The molecule has 3 aromatic rings. The monoisotopic (exact) mass is 305 g/mol. The zero-order chi connectivity index (χ0) is 16.6. The Bertz CT molecular complexity index is 916. The molecule has 1 heterocycles. The Labute approximate surface area is 135 Å². The van der Waals surface area contributed by atoms with Gasteiger partial charge in [-0.05, 0) is 57.5 Å². The van der Waals surface area contributed by atoms with E-state index in [2.05, 4.69) is 15.3 Å². The summed E-state index contributed by atoms with van der Waals surface area (Å²) in [5.41, 5.74) is 6.95. The lowest BCUT2D eigenvalue weighted by Gasteiger charge is -2.10. The highest BCUT2D eigenvalue weighted by Gasteiger charge is 2.10. The lowest BCUT2D eigenvalue weighted by atomic mass is 10.1. The van der Waals surface area contributed by atoms with E-state index >= 15 is 0 Å². The van der Waals surface area contributed by atoms with E-state index in [0.29, 0.717) is 5.56 Å². The van der Waals surface area contributed by atoms with Crippen molar-refractivity contribution in [3.05, 3.63) is 64.5 Å². The lowest BCUT2D eigenvalue weighted by molar-refractivity contribution is 0.102. The number of fused-ring (bicyclic) bond motifs is 1. The van der Waals surface area contributed by atoms with Crippen molar-refractivity contribution in [3.63, 3.8) is 0 Å². The van der Waals surface area contributed by atoms with Gasteiger partial charge in [-0.2, -0.15) is 0 Å². The molecule has 1 amide bonds. The second-order valence-electron chi connectivity index (χ2n) is 5.87. The highest BCUT2D eigenvalue weighted by Crippen LogP contribution is 2.19. The molecule has 4 heteroatoms. The summed E-state index contributed by atoms with van der Waals surface area (Å²) in [5.74, 6) is -0.140. The first-order valence-electron chi connectivity index (χ1n) is 7.57. The topological polar surface area (TPSA) is 54.9 Å². The molecule has 0 aliphatic rings. The number of amides is 1. The summed E-state index contributed by atoms with van der Waals surface area (Å²) in [4.78, 5) is 21.5. The second kappa shape index (κ2) is 5.80. The van der Waals surface area contributed by atoms with Gasteiger partial charge < -0.3 is 5.32 Å². The number of aryl methyl sites for hydroxylation is 4. The largest absolute Gasteiger partial charge is 0.322 e. The highest BCUT2D eigenvalue weighted by molar-refractivity contribution is 6.06. The first kappa shape index (κ1) is 15.2. The van der Waals surface area contributed by atoms with E-state index in [1.54, 1.807) is 12.1 Å². The van der Waals surface area contributed by atoms with Gasteiger partial charge in [0.1, 0.15) is 0 Å². The number of nitrogens with zero attached hydrogens (tertiary/aromatic N) is 2. The normalized spacial score (nSPS) is 10.8. The van der Waals surface area contributed by atoms with Crippen molar-refractivity contribution >= 4 is 22.6 Å². The smallest absolute Gasteiger partial charge is 0.255 e. The van der Waals surface area contributed by atoms with Gasteiger partial charge in [-0.3, -0.25) is 4.79 Å². The predicted molar refractivity (Wildman–Crippen MR) is 92.9 cm³/mol. The third-order valence-electron chi connectivity index (χ3n) is 3.97. The van der Waals surface area contributed by atoms with Gasteiger partial charge >= 0.3 is 0 Å². The first-order valence-corrected chi connectivity index (χ1v) is 7.57. The van der Waals surface area contributed by atoms with Crippen LogP contribution in [0, 0.1) is 27.7 Å². The van der Waals surface area contributed by atoms with E-state index in [4.69, 9.17) is 0 Å². The van der Waals surface area contributed by atoms with Crippen LogP contribution in [0.4, 0.5) is 5.69 Å². The minimum Gasteiger partial charge on any atom is -0.322 e. The molecule has 0 bridgehead atoms. The van der Waals surface area contributed by atoms with Crippen LogP contribution >= 0.6 is 0 Å². The Hall–Kier alpha value is -2.75. The fourth-order valence-electron chi connectivity index (χ4n) is 2.52. The molecule has 1 aromatic heterocycles. The summed E-state index contributed by atoms with van der Waals surface area (Å²) < 4.78 is 0. The maximum atomic E-state index is 12.5. The van der Waals surface area contributed by atoms with E-state index in [1.165, 1.54) is 5.56 Å². The van der Waals surface area contributed by atoms with Crippen molar-refractivity contribution in [1.29, 1.82) is 0 Å². The molecule has 0 saturated carbocycles. The van der Waals surface area contributed by atoms with Gasteiger partial charge in [0, 0.05) is 11.3 Å². The Morgan fingerprint density at radius 3 is 2.26 bits per heavy atom. The minimum atomic E-state index is -0.140. The van der Waals surface area contributed by atoms with Gasteiger partial charge in [0.05, 0.1) is 22.4 Å². The van der Waals surface area contributed by atoms with Crippen LogP contribution in [0.2, 0.25) is 0 Å². The van der Waals surface area contributed by atoms with E-state index in [1.807, 2.05) is 52.0 Å². The van der Waals surface area contributed by atoms with Crippen molar-refractivity contribution in [2.45, 2.75) is 27.7 Å². The van der Waals surface area contributed by atoms with Crippen LogP contribution in [0.1, 0.15) is 32.9 Å².